The lowest BCUT2D eigenvalue weighted by Gasteiger charge is -2.62. The third-order valence-corrected chi connectivity index (χ3v) is 11.1. The van der Waals surface area contributed by atoms with E-state index < -0.39 is 8.32 Å². The second-order valence-electron chi connectivity index (χ2n) is 12.6. The molecule has 0 unspecified atom stereocenters. The standard InChI is InChI=1S/C26H46N2O3Si/c1-18(27-29-4)26(31-32(6,7)8)16-13-23-21-10-9-19-17-20(28-30-5)11-14-24(19,2)22(21)12-15-25(23,26)3/h19,21-23H,9-17H2,1-8H3/b27-18+,28-20+/t19-,21+,22-,23-,24-,25-,26-/m0/s1. The molecule has 0 saturated heterocycles. The monoisotopic (exact) mass is 462 g/mol. The van der Waals surface area contributed by atoms with E-state index in [1.165, 1.54) is 44.2 Å². The van der Waals surface area contributed by atoms with Crippen molar-refractivity contribution in [2.45, 2.75) is 104 Å². The molecule has 0 aromatic rings. The van der Waals surface area contributed by atoms with Gasteiger partial charge in [-0.2, -0.15) is 0 Å². The van der Waals surface area contributed by atoms with Crippen LogP contribution in [0.15, 0.2) is 10.3 Å². The van der Waals surface area contributed by atoms with E-state index in [4.69, 9.17) is 14.1 Å². The molecule has 182 valence electrons. The molecule has 0 aromatic heterocycles. The third-order valence-electron chi connectivity index (χ3n) is 10.1. The van der Waals surface area contributed by atoms with E-state index in [0.717, 1.165) is 42.7 Å². The van der Waals surface area contributed by atoms with E-state index in [9.17, 15) is 0 Å². The molecular formula is C26H46N2O3Si. The molecule has 4 rings (SSSR count). The second kappa shape index (κ2) is 8.40. The maximum absolute atomic E-state index is 7.12. The van der Waals surface area contributed by atoms with Gasteiger partial charge in [0.2, 0.25) is 0 Å². The molecule has 0 bridgehead atoms. The normalized spacial score (nSPS) is 45.8. The Kier molecular flexibility index (Phi) is 6.37. The van der Waals surface area contributed by atoms with E-state index in [-0.39, 0.29) is 11.0 Å². The van der Waals surface area contributed by atoms with Crippen molar-refractivity contribution < 1.29 is 14.1 Å². The summed E-state index contributed by atoms with van der Waals surface area (Å²) in [4.78, 5) is 10.4. The van der Waals surface area contributed by atoms with Crippen molar-refractivity contribution in [1.29, 1.82) is 0 Å². The summed E-state index contributed by atoms with van der Waals surface area (Å²) >= 11 is 0. The van der Waals surface area contributed by atoms with Gasteiger partial charge in [0.15, 0.2) is 8.32 Å². The van der Waals surface area contributed by atoms with Gasteiger partial charge in [-0.05, 0) is 113 Å². The highest BCUT2D eigenvalue weighted by molar-refractivity contribution is 6.70. The largest absolute Gasteiger partial charge is 0.406 e. The lowest BCUT2D eigenvalue weighted by molar-refractivity contribution is -0.122. The van der Waals surface area contributed by atoms with Gasteiger partial charge in [-0.25, -0.2) is 0 Å². The van der Waals surface area contributed by atoms with Crippen LogP contribution in [0.1, 0.15) is 78.6 Å². The van der Waals surface area contributed by atoms with Gasteiger partial charge >= 0.3 is 0 Å². The fourth-order valence-corrected chi connectivity index (χ4v) is 10.4. The zero-order chi connectivity index (χ0) is 23.4. The topological polar surface area (TPSA) is 52.4 Å². The Labute approximate surface area is 196 Å². The minimum atomic E-state index is -1.77. The Balaban J connectivity index is 1.65. The molecule has 0 aromatic carbocycles. The molecule has 6 heteroatoms. The molecule has 0 heterocycles. The number of hydrogen-bond donors (Lipinski definition) is 0. The number of rotatable bonds is 5. The van der Waals surface area contributed by atoms with Crippen LogP contribution in [0.3, 0.4) is 0 Å². The first kappa shape index (κ1) is 24.2. The van der Waals surface area contributed by atoms with E-state index >= 15 is 0 Å². The van der Waals surface area contributed by atoms with Gasteiger partial charge in [-0.15, -0.1) is 0 Å². The first-order valence-electron chi connectivity index (χ1n) is 12.9. The van der Waals surface area contributed by atoms with Gasteiger partial charge < -0.3 is 14.1 Å². The molecule has 4 saturated carbocycles. The number of nitrogens with zero attached hydrogens (tertiary/aromatic N) is 2. The number of fused-ring (bicyclic) bond motifs is 5. The molecule has 32 heavy (non-hydrogen) atoms. The van der Waals surface area contributed by atoms with Crippen molar-refractivity contribution in [3.8, 4) is 0 Å². The fourth-order valence-electron chi connectivity index (χ4n) is 8.84. The Morgan fingerprint density at radius 1 is 0.938 bits per heavy atom. The van der Waals surface area contributed by atoms with Crippen LogP contribution in [-0.2, 0) is 14.1 Å². The van der Waals surface area contributed by atoms with Crippen LogP contribution in [0.5, 0.6) is 0 Å². The van der Waals surface area contributed by atoms with Gasteiger partial charge in [0.25, 0.3) is 0 Å². The molecule has 0 spiro atoms. The van der Waals surface area contributed by atoms with E-state index in [1.54, 1.807) is 14.2 Å². The Morgan fingerprint density at radius 3 is 2.31 bits per heavy atom. The van der Waals surface area contributed by atoms with Gasteiger partial charge in [0, 0.05) is 5.41 Å². The average molecular weight is 463 g/mol. The van der Waals surface area contributed by atoms with Crippen LogP contribution in [-0.4, -0.2) is 39.6 Å². The second-order valence-corrected chi connectivity index (χ2v) is 17.0. The SMILES string of the molecule is CO/N=C1\CC[C@@]2(C)[C@@H](CC[C@@H]3[C@@H]2CC[C@@]2(C)[C@H]3CC[C@]2(O[Si](C)(C)C)/C(C)=N/OC)C1. The van der Waals surface area contributed by atoms with E-state index in [1.807, 2.05) is 0 Å². The van der Waals surface area contributed by atoms with Crippen molar-refractivity contribution >= 4 is 19.7 Å². The summed E-state index contributed by atoms with van der Waals surface area (Å²) in [5.41, 5.74) is 2.65. The summed E-state index contributed by atoms with van der Waals surface area (Å²) in [5.74, 6) is 3.10. The zero-order valence-corrected chi connectivity index (χ0v) is 22.8. The molecule has 5 nitrogen and oxygen atoms in total. The average Bonchev–Trinajstić information content (AvgIpc) is 3.00. The van der Waals surface area contributed by atoms with Gasteiger partial charge in [0.05, 0.1) is 11.4 Å². The smallest absolute Gasteiger partial charge is 0.185 e. The lowest BCUT2D eigenvalue weighted by Crippen LogP contribution is -2.61. The van der Waals surface area contributed by atoms with Gasteiger partial charge in [-0.1, -0.05) is 24.2 Å². The highest BCUT2D eigenvalue weighted by Crippen LogP contribution is 2.69. The molecular weight excluding hydrogens is 416 g/mol. The van der Waals surface area contributed by atoms with Crippen LogP contribution in [0, 0.1) is 34.5 Å². The molecule has 7 atom stereocenters. The van der Waals surface area contributed by atoms with E-state index in [0.29, 0.717) is 11.3 Å². The maximum Gasteiger partial charge on any atom is 0.185 e. The number of hydrogen-bond acceptors (Lipinski definition) is 5. The lowest BCUT2D eigenvalue weighted by atomic mass is 9.44. The Hall–Kier alpha value is -0.883. The predicted molar refractivity (Wildman–Crippen MR) is 133 cm³/mol. The minimum absolute atomic E-state index is 0.140. The van der Waals surface area contributed by atoms with Crippen LogP contribution in [0.4, 0.5) is 0 Å². The molecule has 0 N–H and O–H groups in total. The summed E-state index contributed by atoms with van der Waals surface area (Å²) in [5, 5.41) is 8.84. The van der Waals surface area contributed by atoms with Crippen LogP contribution >= 0.6 is 0 Å². The van der Waals surface area contributed by atoms with Crippen molar-refractivity contribution in [3.05, 3.63) is 0 Å². The quantitative estimate of drug-likeness (QED) is 0.261. The summed E-state index contributed by atoms with van der Waals surface area (Å²) in [7, 11) is 1.58. The summed E-state index contributed by atoms with van der Waals surface area (Å²) < 4.78 is 7.12. The summed E-state index contributed by atoms with van der Waals surface area (Å²) in [6, 6.07) is 0. The molecule has 0 radical (unpaired) electrons. The fraction of sp³-hybridized carbons (Fsp3) is 0.923. The minimum Gasteiger partial charge on any atom is -0.406 e. The zero-order valence-electron chi connectivity index (χ0n) is 21.8. The highest BCUT2D eigenvalue weighted by Gasteiger charge is 2.67. The van der Waals surface area contributed by atoms with Crippen molar-refractivity contribution in [1.82, 2.24) is 0 Å². The van der Waals surface area contributed by atoms with Crippen LogP contribution in [0.25, 0.3) is 0 Å². The van der Waals surface area contributed by atoms with Crippen LogP contribution < -0.4 is 0 Å². The van der Waals surface area contributed by atoms with Gasteiger partial charge in [0.1, 0.15) is 19.8 Å². The first-order chi connectivity index (χ1) is 15.0. The number of oxime groups is 2. The predicted octanol–water partition coefficient (Wildman–Crippen LogP) is 6.64. The van der Waals surface area contributed by atoms with Crippen LogP contribution in [0.2, 0.25) is 19.6 Å². The van der Waals surface area contributed by atoms with Crippen molar-refractivity contribution in [3.63, 3.8) is 0 Å². The van der Waals surface area contributed by atoms with Crippen molar-refractivity contribution in [2.75, 3.05) is 14.2 Å². The molecule has 4 fully saturated rings. The third kappa shape index (κ3) is 3.68. The Morgan fingerprint density at radius 2 is 1.66 bits per heavy atom. The maximum atomic E-state index is 7.12. The van der Waals surface area contributed by atoms with Gasteiger partial charge in [-0.3, -0.25) is 0 Å². The first-order valence-corrected chi connectivity index (χ1v) is 16.3. The molecule has 0 aliphatic heterocycles. The Bertz CT molecular complexity index is 778. The molecule has 4 aliphatic rings. The van der Waals surface area contributed by atoms with Crippen molar-refractivity contribution in [2.24, 2.45) is 44.8 Å². The molecule has 0 amide bonds. The molecule has 4 aliphatic carbocycles. The summed E-state index contributed by atoms with van der Waals surface area (Å²) in [6.45, 7) is 14.3. The highest BCUT2D eigenvalue weighted by atomic mass is 28.4. The summed E-state index contributed by atoms with van der Waals surface area (Å²) in [6.07, 6.45) is 11.1. The van der Waals surface area contributed by atoms with E-state index in [2.05, 4.69) is 50.7 Å².